The predicted octanol–water partition coefficient (Wildman–Crippen LogP) is 2.25. The van der Waals surface area contributed by atoms with Gasteiger partial charge < -0.3 is 6.42 Å². The van der Waals surface area contributed by atoms with Crippen molar-refractivity contribution in [2.45, 2.75) is 27.7 Å². The SMILES string of the molecule is C[CH-]C(C)(C)C.[W]. The maximum Gasteiger partial charge on any atom is 0 e. The van der Waals surface area contributed by atoms with Gasteiger partial charge in [-0.2, -0.15) is 12.3 Å². The van der Waals surface area contributed by atoms with Gasteiger partial charge in [0.25, 0.3) is 0 Å². The van der Waals surface area contributed by atoms with Crippen LogP contribution in [0.5, 0.6) is 0 Å². The Bertz CT molecular complexity index is 33.9. The van der Waals surface area contributed by atoms with E-state index in [-0.39, 0.29) is 21.1 Å². The quantitative estimate of drug-likeness (QED) is 0.592. The molecule has 0 unspecified atom stereocenters. The summed E-state index contributed by atoms with van der Waals surface area (Å²) in [6.07, 6.45) is 2.19. The van der Waals surface area contributed by atoms with E-state index < -0.39 is 0 Å². The molecule has 44 valence electrons. The summed E-state index contributed by atoms with van der Waals surface area (Å²) in [7, 11) is 0. The molecule has 0 saturated carbocycles. The van der Waals surface area contributed by atoms with Crippen molar-refractivity contribution in [2.24, 2.45) is 5.41 Å². The molecule has 0 rings (SSSR count). The average Bonchev–Trinajstić information content (AvgIpc) is 1.35. The van der Waals surface area contributed by atoms with Gasteiger partial charge >= 0.3 is 0 Å². The van der Waals surface area contributed by atoms with Crippen molar-refractivity contribution in [1.29, 1.82) is 0 Å². The summed E-state index contributed by atoms with van der Waals surface area (Å²) in [6, 6.07) is 0. The van der Waals surface area contributed by atoms with Gasteiger partial charge in [-0.25, -0.2) is 0 Å². The molecule has 0 bridgehead atoms. The van der Waals surface area contributed by atoms with Crippen LogP contribution in [0.25, 0.3) is 0 Å². The van der Waals surface area contributed by atoms with E-state index in [2.05, 4.69) is 34.1 Å². The largest absolute Gasteiger partial charge is 0.326 e. The van der Waals surface area contributed by atoms with Gasteiger partial charge in [0.15, 0.2) is 0 Å². The van der Waals surface area contributed by atoms with Gasteiger partial charge in [0.1, 0.15) is 0 Å². The molecule has 0 nitrogen and oxygen atoms in total. The molecular weight excluding hydrogens is 256 g/mol. The first kappa shape index (κ1) is 10.6. The van der Waals surface area contributed by atoms with Crippen LogP contribution < -0.4 is 0 Å². The Morgan fingerprint density at radius 3 is 1.29 bits per heavy atom. The maximum absolute atomic E-state index is 2.19. The topological polar surface area (TPSA) is 0 Å². The summed E-state index contributed by atoms with van der Waals surface area (Å²) in [5.41, 5.74) is 0.417. The number of hydrogen-bond acceptors (Lipinski definition) is 0. The molecule has 0 radical (unpaired) electrons. The molecule has 0 aromatic carbocycles. The van der Waals surface area contributed by atoms with Crippen molar-refractivity contribution in [1.82, 2.24) is 0 Å². The molecule has 0 saturated heterocycles. The molecule has 0 heterocycles. The van der Waals surface area contributed by atoms with E-state index in [1.807, 2.05) is 0 Å². The van der Waals surface area contributed by atoms with Crippen molar-refractivity contribution in [2.75, 3.05) is 0 Å². The maximum atomic E-state index is 2.19. The van der Waals surface area contributed by atoms with Gasteiger partial charge in [-0.05, 0) is 0 Å². The molecule has 0 aromatic heterocycles. The van der Waals surface area contributed by atoms with E-state index in [1.54, 1.807) is 0 Å². The summed E-state index contributed by atoms with van der Waals surface area (Å²) in [6.45, 7) is 8.65. The third-order valence-electron chi connectivity index (χ3n) is 0.866. The number of hydrogen-bond donors (Lipinski definition) is 0. The van der Waals surface area contributed by atoms with Crippen LogP contribution in [-0.2, 0) is 21.1 Å². The van der Waals surface area contributed by atoms with E-state index >= 15 is 0 Å². The van der Waals surface area contributed by atoms with Crippen LogP contribution in [0.3, 0.4) is 0 Å². The monoisotopic (exact) mass is 269 g/mol. The number of rotatable bonds is 0. The van der Waals surface area contributed by atoms with Crippen LogP contribution in [0.1, 0.15) is 27.7 Å². The standard InChI is InChI=1S/C6H13.W/c1-5-6(2,3)4;/h5H,1-4H3;/q-1;. The van der Waals surface area contributed by atoms with Crippen molar-refractivity contribution in [3.05, 3.63) is 6.42 Å². The zero-order valence-electron chi connectivity index (χ0n) is 5.49. The predicted molar refractivity (Wildman–Crippen MR) is 29.4 cm³/mol. The van der Waals surface area contributed by atoms with Crippen LogP contribution in [-0.4, -0.2) is 0 Å². The zero-order chi connectivity index (χ0) is 5.21. The molecule has 0 aliphatic heterocycles. The molecule has 0 spiro atoms. The minimum Gasteiger partial charge on any atom is -0.326 e. The van der Waals surface area contributed by atoms with Gasteiger partial charge in [-0.1, -0.05) is 20.8 Å². The van der Waals surface area contributed by atoms with Crippen LogP contribution >= 0.6 is 0 Å². The Morgan fingerprint density at radius 2 is 1.29 bits per heavy atom. The molecule has 0 aromatic rings. The first-order chi connectivity index (χ1) is 2.56. The molecule has 0 amide bonds. The Balaban J connectivity index is 0. The molecule has 0 aliphatic carbocycles. The summed E-state index contributed by atoms with van der Waals surface area (Å²) >= 11 is 0. The van der Waals surface area contributed by atoms with Crippen molar-refractivity contribution in [3.63, 3.8) is 0 Å². The van der Waals surface area contributed by atoms with Crippen LogP contribution in [0.15, 0.2) is 0 Å². The molecule has 1 heteroatoms. The van der Waals surface area contributed by atoms with Gasteiger partial charge in [0.2, 0.25) is 0 Å². The second kappa shape index (κ2) is 3.66. The second-order valence-corrected chi connectivity index (χ2v) is 2.65. The Morgan fingerprint density at radius 1 is 1.14 bits per heavy atom. The molecule has 7 heavy (non-hydrogen) atoms. The van der Waals surface area contributed by atoms with Gasteiger partial charge in [-0.3, -0.25) is 0 Å². The normalized spacial score (nSPS) is 10.3. The van der Waals surface area contributed by atoms with E-state index in [0.717, 1.165) is 0 Å². The van der Waals surface area contributed by atoms with Crippen LogP contribution in [0.4, 0.5) is 0 Å². The van der Waals surface area contributed by atoms with E-state index in [0.29, 0.717) is 5.41 Å². The van der Waals surface area contributed by atoms with Crippen molar-refractivity contribution < 1.29 is 21.1 Å². The fraction of sp³-hybridized carbons (Fsp3) is 0.833. The van der Waals surface area contributed by atoms with Crippen molar-refractivity contribution >= 4 is 0 Å². The fourth-order valence-electron chi connectivity index (χ4n) is 0. The third kappa shape index (κ3) is 10.8. The van der Waals surface area contributed by atoms with E-state index in [9.17, 15) is 0 Å². The molecular formula is C6H13W-. The van der Waals surface area contributed by atoms with Gasteiger partial charge in [-0.15, -0.1) is 0 Å². The molecule has 0 fully saturated rings. The minimum absolute atomic E-state index is 0. The second-order valence-electron chi connectivity index (χ2n) is 2.65. The fourth-order valence-corrected chi connectivity index (χ4v) is 0. The van der Waals surface area contributed by atoms with Crippen LogP contribution in [0.2, 0.25) is 0 Å². The summed E-state index contributed by atoms with van der Waals surface area (Å²) in [5, 5.41) is 0. The Labute approximate surface area is 61.0 Å². The van der Waals surface area contributed by atoms with Crippen LogP contribution in [0, 0.1) is 11.8 Å². The van der Waals surface area contributed by atoms with E-state index in [1.165, 1.54) is 0 Å². The van der Waals surface area contributed by atoms with E-state index in [4.69, 9.17) is 0 Å². The third-order valence-corrected chi connectivity index (χ3v) is 0.866. The summed E-state index contributed by atoms with van der Waals surface area (Å²) < 4.78 is 0. The van der Waals surface area contributed by atoms with Gasteiger partial charge in [0.05, 0.1) is 0 Å². The molecule has 0 atom stereocenters. The molecule has 0 aliphatic rings. The Kier molecular flexibility index (Phi) is 5.56. The smallest absolute Gasteiger partial charge is 0 e. The van der Waals surface area contributed by atoms with Gasteiger partial charge in [0, 0.05) is 21.1 Å². The Hall–Kier alpha value is 0.688. The summed E-state index contributed by atoms with van der Waals surface area (Å²) in [4.78, 5) is 0. The first-order valence-corrected chi connectivity index (χ1v) is 2.37. The molecule has 0 N–H and O–H groups in total. The zero-order valence-corrected chi connectivity index (χ0v) is 8.42. The first-order valence-electron chi connectivity index (χ1n) is 2.37. The summed E-state index contributed by atoms with van der Waals surface area (Å²) in [5.74, 6) is 0. The minimum atomic E-state index is 0. The van der Waals surface area contributed by atoms with Crippen molar-refractivity contribution in [3.8, 4) is 0 Å². The average molecular weight is 269 g/mol.